The van der Waals surface area contributed by atoms with E-state index in [0.717, 1.165) is 0 Å². The van der Waals surface area contributed by atoms with E-state index >= 15 is 0 Å². The highest BCUT2D eigenvalue weighted by Gasteiger charge is 2.15. The molecule has 1 heterocycles. The first-order valence-corrected chi connectivity index (χ1v) is 6.22. The van der Waals surface area contributed by atoms with E-state index in [2.05, 4.69) is 9.71 Å². The number of rotatable bonds is 5. The van der Waals surface area contributed by atoms with Crippen molar-refractivity contribution in [3.63, 3.8) is 0 Å². The van der Waals surface area contributed by atoms with E-state index in [1.165, 1.54) is 18.3 Å². The molecule has 0 spiro atoms. The summed E-state index contributed by atoms with van der Waals surface area (Å²) in [6.45, 7) is -0.779. The Morgan fingerprint density at radius 3 is 2.81 bits per heavy atom. The summed E-state index contributed by atoms with van der Waals surface area (Å²) in [6.07, 6.45) is 0.131. The molecule has 0 aromatic carbocycles. The summed E-state index contributed by atoms with van der Waals surface area (Å²) in [7, 11) is -3.73. The molecular weight excluding hydrogens is 256 g/mol. The van der Waals surface area contributed by atoms with Crippen molar-refractivity contribution in [2.45, 2.75) is 11.0 Å². The molecule has 0 radical (unpaired) electrons. The van der Waals surface area contributed by atoms with Crippen molar-refractivity contribution in [2.24, 2.45) is 0 Å². The fourth-order valence-corrected chi connectivity index (χ4v) is 2.23. The van der Waals surface area contributed by atoms with Crippen LogP contribution in [-0.4, -0.2) is 42.9 Å². The number of aliphatic hydroxyl groups is 2. The van der Waals surface area contributed by atoms with Crippen molar-refractivity contribution in [3.8, 4) is 0 Å². The Bertz CT molecular complexity index is 451. The lowest BCUT2D eigenvalue weighted by Gasteiger charge is -2.09. The highest BCUT2D eigenvalue weighted by atomic mass is 35.5. The molecule has 90 valence electrons. The fraction of sp³-hybridized carbons (Fsp3) is 0.375. The van der Waals surface area contributed by atoms with E-state index in [0.29, 0.717) is 0 Å². The van der Waals surface area contributed by atoms with Gasteiger partial charge in [0, 0.05) is 12.7 Å². The lowest BCUT2D eigenvalue weighted by molar-refractivity contribution is 0.0988. The molecule has 0 fully saturated rings. The van der Waals surface area contributed by atoms with Crippen LogP contribution in [-0.2, 0) is 10.0 Å². The Morgan fingerprint density at radius 2 is 2.25 bits per heavy atom. The van der Waals surface area contributed by atoms with Crippen LogP contribution >= 0.6 is 11.6 Å². The summed E-state index contributed by atoms with van der Waals surface area (Å²) < 4.78 is 25.4. The largest absolute Gasteiger partial charge is 0.394 e. The zero-order chi connectivity index (χ0) is 12.2. The second-order valence-corrected chi connectivity index (χ2v) is 5.16. The summed E-state index contributed by atoms with van der Waals surface area (Å²) in [5.41, 5.74) is 0. The van der Waals surface area contributed by atoms with Gasteiger partial charge in [-0.25, -0.2) is 18.1 Å². The Kier molecular flexibility index (Phi) is 4.63. The van der Waals surface area contributed by atoms with Gasteiger partial charge in [-0.3, -0.25) is 0 Å². The Hall–Kier alpha value is -0.730. The quantitative estimate of drug-likeness (QED) is 0.616. The van der Waals surface area contributed by atoms with Gasteiger partial charge in [-0.15, -0.1) is 0 Å². The van der Waals surface area contributed by atoms with Crippen LogP contribution in [0.5, 0.6) is 0 Å². The molecule has 0 saturated heterocycles. The molecule has 8 heteroatoms. The van der Waals surface area contributed by atoms with E-state index in [1.54, 1.807) is 0 Å². The highest BCUT2D eigenvalue weighted by molar-refractivity contribution is 7.89. The molecule has 0 aliphatic heterocycles. The summed E-state index contributed by atoms with van der Waals surface area (Å²) in [5, 5.41) is 17.6. The number of hydrogen-bond acceptors (Lipinski definition) is 5. The van der Waals surface area contributed by atoms with E-state index in [-0.39, 0.29) is 16.6 Å². The number of hydrogen-bond donors (Lipinski definition) is 3. The zero-order valence-electron chi connectivity index (χ0n) is 8.17. The second-order valence-electron chi connectivity index (χ2n) is 3.00. The Labute approximate surface area is 97.9 Å². The van der Waals surface area contributed by atoms with Crippen molar-refractivity contribution in [1.82, 2.24) is 9.71 Å². The molecule has 1 unspecified atom stereocenters. The van der Waals surface area contributed by atoms with Gasteiger partial charge in [0.05, 0.1) is 17.6 Å². The maximum absolute atomic E-state index is 11.6. The van der Waals surface area contributed by atoms with Crippen LogP contribution in [0.3, 0.4) is 0 Å². The maximum atomic E-state index is 11.6. The molecule has 3 N–H and O–H groups in total. The SMILES string of the molecule is O=S(=O)(NCC(O)CO)c1ccnc(Cl)c1. The highest BCUT2D eigenvalue weighted by Crippen LogP contribution is 2.12. The third kappa shape index (κ3) is 3.69. The lowest BCUT2D eigenvalue weighted by Crippen LogP contribution is -2.33. The minimum Gasteiger partial charge on any atom is -0.394 e. The molecule has 6 nitrogen and oxygen atoms in total. The molecule has 0 amide bonds. The van der Waals surface area contributed by atoms with Crippen LogP contribution in [0, 0.1) is 0 Å². The standard InChI is InChI=1S/C8H11ClN2O4S/c9-8-3-7(1-2-10-8)16(14,15)11-4-6(13)5-12/h1-3,6,11-13H,4-5H2. The average molecular weight is 267 g/mol. The van der Waals surface area contributed by atoms with Gasteiger partial charge in [0.2, 0.25) is 10.0 Å². The number of aromatic nitrogens is 1. The van der Waals surface area contributed by atoms with Crippen LogP contribution in [0.1, 0.15) is 0 Å². The van der Waals surface area contributed by atoms with Crippen molar-refractivity contribution >= 4 is 21.6 Å². The number of pyridine rings is 1. The van der Waals surface area contributed by atoms with Gasteiger partial charge in [0.15, 0.2) is 0 Å². The first-order valence-electron chi connectivity index (χ1n) is 4.36. The van der Waals surface area contributed by atoms with E-state index < -0.39 is 22.7 Å². The minimum atomic E-state index is -3.73. The van der Waals surface area contributed by atoms with E-state index in [9.17, 15) is 8.42 Å². The Morgan fingerprint density at radius 1 is 1.56 bits per heavy atom. The molecule has 16 heavy (non-hydrogen) atoms. The van der Waals surface area contributed by atoms with Crippen molar-refractivity contribution in [3.05, 3.63) is 23.5 Å². The molecule has 1 aromatic rings. The van der Waals surface area contributed by atoms with Gasteiger partial charge in [0.1, 0.15) is 5.15 Å². The third-order valence-electron chi connectivity index (χ3n) is 1.73. The average Bonchev–Trinajstić information content (AvgIpc) is 2.26. The lowest BCUT2D eigenvalue weighted by atomic mass is 10.4. The van der Waals surface area contributed by atoms with Crippen LogP contribution in [0.25, 0.3) is 0 Å². The van der Waals surface area contributed by atoms with Gasteiger partial charge in [-0.2, -0.15) is 0 Å². The van der Waals surface area contributed by atoms with Crippen molar-refractivity contribution < 1.29 is 18.6 Å². The number of nitrogens with zero attached hydrogens (tertiary/aromatic N) is 1. The van der Waals surface area contributed by atoms with Gasteiger partial charge >= 0.3 is 0 Å². The van der Waals surface area contributed by atoms with Crippen molar-refractivity contribution in [2.75, 3.05) is 13.2 Å². The molecule has 1 aromatic heterocycles. The summed E-state index contributed by atoms with van der Waals surface area (Å²) in [6, 6.07) is 2.47. The first-order chi connectivity index (χ1) is 7.45. The number of nitrogens with one attached hydrogen (secondary N) is 1. The molecule has 0 aliphatic rings. The van der Waals surface area contributed by atoms with Crippen LogP contribution in [0.2, 0.25) is 5.15 Å². The summed E-state index contributed by atoms with van der Waals surface area (Å²) in [5.74, 6) is 0. The summed E-state index contributed by atoms with van der Waals surface area (Å²) in [4.78, 5) is 3.60. The van der Waals surface area contributed by atoms with Crippen molar-refractivity contribution in [1.29, 1.82) is 0 Å². The first kappa shape index (κ1) is 13.3. The second kappa shape index (κ2) is 5.55. The van der Waals surface area contributed by atoms with Gasteiger partial charge < -0.3 is 10.2 Å². The fourth-order valence-electron chi connectivity index (χ4n) is 0.906. The predicted molar refractivity (Wildman–Crippen MR) is 57.5 cm³/mol. The van der Waals surface area contributed by atoms with Gasteiger partial charge in [-0.05, 0) is 12.1 Å². The van der Waals surface area contributed by atoms with Crippen LogP contribution in [0.4, 0.5) is 0 Å². The van der Waals surface area contributed by atoms with Gasteiger partial charge in [-0.1, -0.05) is 11.6 Å². The molecule has 0 bridgehead atoms. The monoisotopic (exact) mass is 266 g/mol. The molecular formula is C8H11ClN2O4S. The van der Waals surface area contributed by atoms with Crippen LogP contribution < -0.4 is 4.72 Å². The smallest absolute Gasteiger partial charge is 0.240 e. The maximum Gasteiger partial charge on any atom is 0.240 e. The zero-order valence-corrected chi connectivity index (χ0v) is 9.74. The molecule has 0 aliphatic carbocycles. The van der Waals surface area contributed by atoms with Crippen LogP contribution in [0.15, 0.2) is 23.2 Å². The Balaban J connectivity index is 2.78. The minimum absolute atomic E-state index is 0.0439. The number of halogens is 1. The van der Waals surface area contributed by atoms with E-state index in [4.69, 9.17) is 21.8 Å². The normalized spacial score (nSPS) is 13.7. The number of aliphatic hydroxyl groups excluding tert-OH is 2. The molecule has 0 saturated carbocycles. The number of sulfonamides is 1. The topological polar surface area (TPSA) is 99.5 Å². The third-order valence-corrected chi connectivity index (χ3v) is 3.36. The summed E-state index contributed by atoms with van der Waals surface area (Å²) >= 11 is 5.55. The van der Waals surface area contributed by atoms with E-state index in [1.807, 2.05) is 0 Å². The molecule has 1 atom stereocenters. The molecule has 1 rings (SSSR count). The predicted octanol–water partition coefficient (Wildman–Crippen LogP) is -0.634. The van der Waals surface area contributed by atoms with Gasteiger partial charge in [0.25, 0.3) is 0 Å².